The van der Waals surface area contributed by atoms with Crippen LogP contribution in [0, 0.1) is 6.92 Å². The van der Waals surface area contributed by atoms with Gasteiger partial charge in [0.05, 0.1) is 29.5 Å². The van der Waals surface area contributed by atoms with E-state index in [1.807, 2.05) is 6.92 Å². The first-order valence-corrected chi connectivity index (χ1v) is 7.54. The topological polar surface area (TPSA) is 89.6 Å². The van der Waals surface area contributed by atoms with Crippen LogP contribution in [0.1, 0.15) is 23.2 Å². The van der Waals surface area contributed by atoms with Crippen LogP contribution >= 0.6 is 11.3 Å². The van der Waals surface area contributed by atoms with Gasteiger partial charge in [0.25, 0.3) is 0 Å². The predicted molar refractivity (Wildman–Crippen MR) is 85.3 cm³/mol. The van der Waals surface area contributed by atoms with Gasteiger partial charge in [-0.15, -0.1) is 11.3 Å². The Bertz CT molecular complexity index is 765. The summed E-state index contributed by atoms with van der Waals surface area (Å²) in [5, 5.41) is 4.28. The molecule has 108 valence electrons. The molecule has 21 heavy (non-hydrogen) atoms. The van der Waals surface area contributed by atoms with Gasteiger partial charge in [0.15, 0.2) is 0 Å². The molecule has 3 rings (SSSR count). The summed E-state index contributed by atoms with van der Waals surface area (Å²) in [6.45, 7) is 4.59. The van der Waals surface area contributed by atoms with Crippen molar-refractivity contribution in [2.24, 2.45) is 0 Å². The van der Waals surface area contributed by atoms with Crippen LogP contribution in [0.3, 0.4) is 0 Å². The second kappa shape index (κ2) is 5.61. The molecule has 3 N–H and O–H groups in total. The lowest BCUT2D eigenvalue weighted by molar-refractivity contribution is 0.978. The van der Waals surface area contributed by atoms with Crippen molar-refractivity contribution in [3.05, 3.63) is 34.7 Å². The van der Waals surface area contributed by atoms with Crippen LogP contribution in [0.2, 0.25) is 0 Å². The van der Waals surface area contributed by atoms with Crippen LogP contribution < -0.4 is 11.1 Å². The van der Waals surface area contributed by atoms with Crippen LogP contribution in [0.15, 0.2) is 18.5 Å². The van der Waals surface area contributed by atoms with Gasteiger partial charge in [-0.1, -0.05) is 6.92 Å². The monoisotopic (exact) mass is 300 g/mol. The first kappa shape index (κ1) is 13.7. The number of nitrogens with two attached hydrogens (primary N) is 1. The average molecular weight is 300 g/mol. The van der Waals surface area contributed by atoms with Crippen LogP contribution in [-0.2, 0) is 13.0 Å². The maximum absolute atomic E-state index is 5.78. The zero-order valence-electron chi connectivity index (χ0n) is 11.9. The van der Waals surface area contributed by atoms with Gasteiger partial charge >= 0.3 is 0 Å². The highest BCUT2D eigenvalue weighted by atomic mass is 32.1. The molecule has 3 heterocycles. The van der Waals surface area contributed by atoms with E-state index in [-0.39, 0.29) is 5.95 Å². The highest BCUT2D eigenvalue weighted by Gasteiger charge is 2.10. The second-order valence-corrected chi connectivity index (χ2v) is 5.83. The fraction of sp³-hybridized carbons (Fsp3) is 0.286. The Morgan fingerprint density at radius 3 is 2.81 bits per heavy atom. The maximum Gasteiger partial charge on any atom is 0.223 e. The number of thiophene rings is 1. The zero-order chi connectivity index (χ0) is 14.8. The summed E-state index contributed by atoms with van der Waals surface area (Å²) in [5.74, 6) is 1.03. The third-order valence-corrected chi connectivity index (χ3v) is 4.25. The van der Waals surface area contributed by atoms with E-state index in [9.17, 15) is 0 Å². The van der Waals surface area contributed by atoms with Crippen molar-refractivity contribution in [2.75, 3.05) is 11.1 Å². The first-order chi connectivity index (χ1) is 10.2. The van der Waals surface area contributed by atoms with Crippen LogP contribution in [0.25, 0.3) is 10.2 Å². The molecule has 0 atom stereocenters. The molecule has 0 fully saturated rings. The van der Waals surface area contributed by atoms with E-state index in [4.69, 9.17) is 5.73 Å². The van der Waals surface area contributed by atoms with Crippen LogP contribution in [-0.4, -0.2) is 19.9 Å². The van der Waals surface area contributed by atoms with E-state index >= 15 is 0 Å². The first-order valence-electron chi connectivity index (χ1n) is 6.73. The second-order valence-electron chi connectivity index (χ2n) is 4.72. The third-order valence-electron chi connectivity index (χ3n) is 3.08. The summed E-state index contributed by atoms with van der Waals surface area (Å²) >= 11 is 1.65. The SMILES string of the molecule is CCc1cc2c(NCc3cnc(C)cn3)nc(N)nc2s1. The van der Waals surface area contributed by atoms with Gasteiger partial charge in [-0.25, -0.2) is 4.98 Å². The molecule has 0 aliphatic carbocycles. The lowest BCUT2D eigenvalue weighted by Crippen LogP contribution is -2.06. The Labute approximate surface area is 126 Å². The normalized spacial score (nSPS) is 11.0. The van der Waals surface area contributed by atoms with Gasteiger partial charge in [-0.3, -0.25) is 9.97 Å². The highest BCUT2D eigenvalue weighted by molar-refractivity contribution is 7.18. The number of hydrogen-bond acceptors (Lipinski definition) is 7. The van der Waals surface area contributed by atoms with Crippen molar-refractivity contribution in [3.8, 4) is 0 Å². The molecular formula is C14H16N6S. The smallest absolute Gasteiger partial charge is 0.223 e. The molecule has 0 spiro atoms. The Balaban J connectivity index is 1.88. The van der Waals surface area contributed by atoms with Crippen molar-refractivity contribution in [1.82, 2.24) is 19.9 Å². The predicted octanol–water partition coefficient (Wildman–Crippen LogP) is 2.55. The molecular weight excluding hydrogens is 284 g/mol. The van der Waals surface area contributed by atoms with Gasteiger partial charge in [0.1, 0.15) is 10.6 Å². The molecule has 0 bridgehead atoms. The van der Waals surface area contributed by atoms with Crippen molar-refractivity contribution >= 4 is 33.3 Å². The molecule has 3 aromatic heterocycles. The quantitative estimate of drug-likeness (QED) is 0.769. The number of fused-ring (bicyclic) bond motifs is 1. The fourth-order valence-corrected chi connectivity index (χ4v) is 2.96. The number of rotatable bonds is 4. The maximum atomic E-state index is 5.78. The molecule has 7 heteroatoms. The molecule has 6 nitrogen and oxygen atoms in total. The standard InChI is InChI=1S/C14H16N6S/c1-3-10-4-11-12(19-14(15)20-13(11)21-10)18-7-9-6-16-8(2)5-17-9/h4-6H,3,7H2,1-2H3,(H3,15,18,19,20). The summed E-state index contributed by atoms with van der Waals surface area (Å²) in [7, 11) is 0. The molecule has 0 unspecified atom stereocenters. The van der Waals surface area contributed by atoms with E-state index in [1.54, 1.807) is 23.7 Å². The number of aryl methyl sites for hydroxylation is 2. The van der Waals surface area contributed by atoms with E-state index in [2.05, 4.69) is 38.2 Å². The number of hydrogen-bond donors (Lipinski definition) is 2. The zero-order valence-corrected chi connectivity index (χ0v) is 12.7. The van der Waals surface area contributed by atoms with E-state index < -0.39 is 0 Å². The lowest BCUT2D eigenvalue weighted by atomic mass is 10.3. The van der Waals surface area contributed by atoms with Crippen LogP contribution in [0.5, 0.6) is 0 Å². The minimum atomic E-state index is 0.282. The van der Waals surface area contributed by atoms with Gasteiger partial charge < -0.3 is 11.1 Å². The Hall–Kier alpha value is -2.28. The average Bonchev–Trinajstić information content (AvgIpc) is 2.89. The molecule has 0 saturated carbocycles. The number of nitrogens with zero attached hydrogens (tertiary/aromatic N) is 4. The van der Waals surface area contributed by atoms with Gasteiger partial charge in [-0.05, 0) is 19.4 Å². The van der Waals surface area contributed by atoms with Crippen molar-refractivity contribution in [1.29, 1.82) is 0 Å². The number of anilines is 2. The molecule has 3 aromatic rings. The van der Waals surface area contributed by atoms with Gasteiger partial charge in [0, 0.05) is 11.1 Å². The molecule has 0 aliphatic rings. The molecule has 0 radical (unpaired) electrons. The van der Waals surface area contributed by atoms with Crippen molar-refractivity contribution < 1.29 is 0 Å². The Morgan fingerprint density at radius 1 is 1.24 bits per heavy atom. The summed E-state index contributed by atoms with van der Waals surface area (Å²) in [4.78, 5) is 19.3. The molecule has 0 aromatic carbocycles. The number of nitrogen functional groups attached to an aromatic ring is 1. The van der Waals surface area contributed by atoms with Crippen LogP contribution in [0.4, 0.5) is 11.8 Å². The van der Waals surface area contributed by atoms with Gasteiger partial charge in [-0.2, -0.15) is 4.98 Å². The summed E-state index contributed by atoms with van der Waals surface area (Å²) in [6.07, 6.45) is 4.49. The van der Waals surface area contributed by atoms with Crippen molar-refractivity contribution in [2.45, 2.75) is 26.8 Å². The molecule has 0 aliphatic heterocycles. The Kier molecular flexibility index (Phi) is 3.66. The highest BCUT2D eigenvalue weighted by Crippen LogP contribution is 2.29. The van der Waals surface area contributed by atoms with E-state index in [1.165, 1.54) is 4.88 Å². The minimum Gasteiger partial charge on any atom is -0.368 e. The number of nitrogens with one attached hydrogen (secondary N) is 1. The summed E-state index contributed by atoms with van der Waals surface area (Å²) in [6, 6.07) is 2.11. The molecule has 0 amide bonds. The minimum absolute atomic E-state index is 0.282. The van der Waals surface area contributed by atoms with Gasteiger partial charge in [0.2, 0.25) is 5.95 Å². The summed E-state index contributed by atoms with van der Waals surface area (Å²) in [5.41, 5.74) is 7.54. The third kappa shape index (κ3) is 2.92. The summed E-state index contributed by atoms with van der Waals surface area (Å²) < 4.78 is 0. The Morgan fingerprint density at radius 2 is 2.10 bits per heavy atom. The fourth-order valence-electron chi connectivity index (χ4n) is 1.98. The number of aromatic nitrogens is 4. The van der Waals surface area contributed by atoms with E-state index in [0.717, 1.165) is 33.8 Å². The molecule has 0 saturated heterocycles. The van der Waals surface area contributed by atoms with E-state index in [0.29, 0.717) is 6.54 Å². The lowest BCUT2D eigenvalue weighted by Gasteiger charge is -2.06. The van der Waals surface area contributed by atoms with Crippen molar-refractivity contribution in [3.63, 3.8) is 0 Å². The largest absolute Gasteiger partial charge is 0.368 e.